The molecule has 0 radical (unpaired) electrons. The molecule has 1 aromatic heterocycles. The normalized spacial score (nSPS) is 14.7. The third kappa shape index (κ3) is 5.22. The fourth-order valence-corrected chi connectivity index (χ4v) is 3.35. The predicted octanol–water partition coefficient (Wildman–Crippen LogP) is 1.48. The van der Waals surface area contributed by atoms with Gasteiger partial charge in [-0.1, -0.05) is 29.5 Å². The number of aromatic nitrogens is 2. The Kier molecular flexibility index (Phi) is 5.95. The van der Waals surface area contributed by atoms with E-state index in [1.807, 2.05) is 38.4 Å². The van der Waals surface area contributed by atoms with Crippen LogP contribution in [0.5, 0.6) is 5.75 Å². The number of benzene rings is 1. The first-order valence-corrected chi connectivity index (χ1v) is 9.12. The zero-order valence-electron chi connectivity index (χ0n) is 14.6. The maximum Gasteiger partial charge on any atom is 0.240 e. The van der Waals surface area contributed by atoms with Gasteiger partial charge >= 0.3 is 0 Å². The highest BCUT2D eigenvalue weighted by Crippen LogP contribution is 2.22. The minimum Gasteiger partial charge on any atom is -0.492 e. The summed E-state index contributed by atoms with van der Waals surface area (Å²) in [5, 5.41) is 12.5. The van der Waals surface area contributed by atoms with E-state index in [-0.39, 0.29) is 5.91 Å². The lowest BCUT2D eigenvalue weighted by atomic mass is 10.2. The molecular weight excluding hydrogens is 338 g/mol. The summed E-state index contributed by atoms with van der Waals surface area (Å²) in [6, 6.07) is 7.95. The Hall–Kier alpha value is -2.03. The van der Waals surface area contributed by atoms with Crippen LogP contribution in [0.3, 0.4) is 0 Å². The number of carbonyl (C=O) groups excluding carboxylic acids is 1. The number of fused-ring (bicyclic) bond motifs is 1. The van der Waals surface area contributed by atoms with Crippen LogP contribution in [0.1, 0.15) is 10.6 Å². The monoisotopic (exact) mass is 361 g/mol. The van der Waals surface area contributed by atoms with Crippen LogP contribution < -0.4 is 10.1 Å². The van der Waals surface area contributed by atoms with Gasteiger partial charge in [0.1, 0.15) is 17.4 Å². The first kappa shape index (κ1) is 17.8. The number of carbonyl (C=O) groups is 1. The first-order chi connectivity index (χ1) is 12.1. The molecule has 0 saturated heterocycles. The quantitative estimate of drug-likeness (QED) is 0.840. The third-order valence-electron chi connectivity index (χ3n) is 3.88. The van der Waals surface area contributed by atoms with E-state index in [0.717, 1.165) is 29.3 Å². The minimum absolute atomic E-state index is 0.0744. The molecule has 1 aromatic carbocycles. The van der Waals surface area contributed by atoms with Crippen molar-refractivity contribution >= 4 is 22.4 Å². The number of hydrogen-bond donors (Lipinski definition) is 1. The van der Waals surface area contributed by atoms with Gasteiger partial charge in [-0.2, -0.15) is 0 Å². The van der Waals surface area contributed by atoms with Crippen molar-refractivity contribution < 1.29 is 9.53 Å². The summed E-state index contributed by atoms with van der Waals surface area (Å²) in [7, 11) is 4.04. The summed E-state index contributed by atoms with van der Waals surface area (Å²) in [5.74, 6) is 0.828. The molecule has 2 heterocycles. The molecule has 0 bridgehead atoms. The second kappa shape index (κ2) is 8.37. The summed E-state index contributed by atoms with van der Waals surface area (Å²) < 4.78 is 5.73. The van der Waals surface area contributed by atoms with E-state index in [2.05, 4.69) is 25.3 Å². The molecule has 8 heteroatoms. The number of ether oxygens (including phenoxy) is 1. The molecule has 7 nitrogen and oxygen atoms in total. The van der Waals surface area contributed by atoms with Crippen molar-refractivity contribution in [1.29, 1.82) is 0 Å². The Morgan fingerprint density at radius 3 is 3.04 bits per heavy atom. The van der Waals surface area contributed by atoms with Crippen molar-refractivity contribution in [1.82, 2.24) is 20.0 Å². The maximum absolute atomic E-state index is 12.3. The Morgan fingerprint density at radius 2 is 2.20 bits per heavy atom. The number of nitrogens with zero attached hydrogens (tertiary/aromatic N) is 4. The summed E-state index contributed by atoms with van der Waals surface area (Å²) in [4.78, 5) is 16.5. The third-order valence-corrected chi connectivity index (χ3v) is 4.78. The molecule has 25 heavy (non-hydrogen) atoms. The van der Waals surface area contributed by atoms with Crippen molar-refractivity contribution in [3.05, 3.63) is 34.8 Å². The molecule has 2 aromatic rings. The van der Waals surface area contributed by atoms with Gasteiger partial charge in [0.15, 0.2) is 0 Å². The standard InChI is InChI=1S/C17H23N5O2S/c1-21(2)8-7-16-19-20-17(25-16)18-15(23)12-22-9-10-24-14-6-4-3-5-13(14)11-22/h3-6H,7-12H2,1-2H3,(H,18,20,23). The molecule has 1 N–H and O–H groups in total. The molecular formula is C17H23N5O2S. The van der Waals surface area contributed by atoms with Crippen LogP contribution in [0.15, 0.2) is 24.3 Å². The molecule has 0 atom stereocenters. The SMILES string of the molecule is CN(C)CCc1nnc(NC(=O)CN2CCOc3ccccc3C2)s1. The fraction of sp³-hybridized carbons (Fsp3) is 0.471. The van der Waals surface area contributed by atoms with Gasteiger partial charge in [0.25, 0.3) is 0 Å². The number of para-hydroxylation sites is 1. The number of likely N-dealkylation sites (N-methyl/N-ethyl adjacent to an activating group) is 1. The highest BCUT2D eigenvalue weighted by Gasteiger charge is 2.18. The highest BCUT2D eigenvalue weighted by atomic mass is 32.1. The van der Waals surface area contributed by atoms with Gasteiger partial charge < -0.3 is 9.64 Å². The first-order valence-electron chi connectivity index (χ1n) is 8.30. The van der Waals surface area contributed by atoms with E-state index < -0.39 is 0 Å². The Balaban J connectivity index is 1.52. The van der Waals surface area contributed by atoms with Gasteiger partial charge in [-0.05, 0) is 20.2 Å². The number of rotatable bonds is 6. The van der Waals surface area contributed by atoms with Crippen molar-refractivity contribution in [3.8, 4) is 5.75 Å². The van der Waals surface area contributed by atoms with Crippen LogP contribution in [0.4, 0.5) is 5.13 Å². The Bertz CT molecular complexity index is 719. The zero-order chi connectivity index (χ0) is 17.6. The smallest absolute Gasteiger partial charge is 0.240 e. The number of amides is 1. The second-order valence-electron chi connectivity index (χ2n) is 6.27. The van der Waals surface area contributed by atoms with Crippen molar-refractivity contribution in [3.63, 3.8) is 0 Å². The number of hydrogen-bond acceptors (Lipinski definition) is 7. The molecule has 0 spiro atoms. The number of anilines is 1. The van der Waals surface area contributed by atoms with Crippen LogP contribution >= 0.6 is 11.3 Å². The average molecular weight is 361 g/mol. The molecule has 1 aliphatic rings. The van der Waals surface area contributed by atoms with Crippen molar-refractivity contribution in [2.45, 2.75) is 13.0 Å². The van der Waals surface area contributed by atoms with E-state index in [0.29, 0.717) is 31.4 Å². The highest BCUT2D eigenvalue weighted by molar-refractivity contribution is 7.15. The topological polar surface area (TPSA) is 70.6 Å². The molecule has 0 saturated carbocycles. The molecule has 1 aliphatic heterocycles. The average Bonchev–Trinajstić information content (AvgIpc) is 2.91. The van der Waals surface area contributed by atoms with Crippen molar-refractivity contribution in [2.24, 2.45) is 0 Å². The molecule has 0 fully saturated rings. The molecule has 0 aliphatic carbocycles. The molecule has 134 valence electrons. The molecule has 1 amide bonds. The minimum atomic E-state index is -0.0744. The van der Waals surface area contributed by atoms with Crippen LogP contribution in [-0.2, 0) is 17.8 Å². The van der Waals surface area contributed by atoms with E-state index in [9.17, 15) is 4.79 Å². The Morgan fingerprint density at radius 1 is 1.36 bits per heavy atom. The van der Waals surface area contributed by atoms with Gasteiger partial charge in [0, 0.05) is 31.6 Å². The summed E-state index contributed by atoms with van der Waals surface area (Å²) in [5.41, 5.74) is 1.11. The van der Waals surface area contributed by atoms with Crippen molar-refractivity contribution in [2.75, 3.05) is 45.7 Å². The summed E-state index contributed by atoms with van der Waals surface area (Å²) in [6.45, 7) is 3.22. The lowest BCUT2D eigenvalue weighted by Crippen LogP contribution is -2.34. The Labute approximate surface area is 151 Å². The van der Waals surface area contributed by atoms with Crippen LogP contribution in [0, 0.1) is 0 Å². The van der Waals surface area contributed by atoms with E-state index >= 15 is 0 Å². The predicted molar refractivity (Wildman–Crippen MR) is 98.0 cm³/mol. The lowest BCUT2D eigenvalue weighted by molar-refractivity contribution is -0.117. The lowest BCUT2D eigenvalue weighted by Gasteiger charge is -2.18. The van der Waals surface area contributed by atoms with E-state index in [1.54, 1.807) is 0 Å². The molecule has 3 rings (SSSR count). The van der Waals surface area contributed by atoms with Gasteiger partial charge in [-0.3, -0.25) is 15.0 Å². The summed E-state index contributed by atoms with van der Waals surface area (Å²) >= 11 is 1.43. The van der Waals surface area contributed by atoms with Crippen LogP contribution in [0.2, 0.25) is 0 Å². The number of nitrogens with one attached hydrogen (secondary N) is 1. The summed E-state index contributed by atoms with van der Waals surface area (Å²) in [6.07, 6.45) is 0.834. The van der Waals surface area contributed by atoms with Gasteiger partial charge in [0.05, 0.1) is 6.54 Å². The van der Waals surface area contributed by atoms with E-state index in [1.165, 1.54) is 11.3 Å². The van der Waals surface area contributed by atoms with Crippen LogP contribution in [-0.4, -0.2) is 66.2 Å². The van der Waals surface area contributed by atoms with E-state index in [4.69, 9.17) is 4.74 Å². The fourth-order valence-electron chi connectivity index (χ4n) is 2.60. The zero-order valence-corrected chi connectivity index (χ0v) is 15.4. The van der Waals surface area contributed by atoms with Gasteiger partial charge in [-0.15, -0.1) is 10.2 Å². The maximum atomic E-state index is 12.3. The van der Waals surface area contributed by atoms with Gasteiger partial charge in [0.2, 0.25) is 11.0 Å². The van der Waals surface area contributed by atoms with Gasteiger partial charge in [-0.25, -0.2) is 0 Å². The second-order valence-corrected chi connectivity index (χ2v) is 7.33. The largest absolute Gasteiger partial charge is 0.492 e. The molecule has 0 unspecified atom stereocenters. The van der Waals surface area contributed by atoms with Crippen LogP contribution in [0.25, 0.3) is 0 Å².